The second-order valence-corrected chi connectivity index (χ2v) is 7.70. The van der Waals surface area contributed by atoms with Gasteiger partial charge in [-0.15, -0.1) is 0 Å². The van der Waals surface area contributed by atoms with E-state index in [-0.39, 0.29) is 24.2 Å². The molecule has 1 amide bonds. The quantitative estimate of drug-likeness (QED) is 0.320. The van der Waals surface area contributed by atoms with Gasteiger partial charge in [0.1, 0.15) is 11.6 Å². The standard InChI is InChI=1S/C23H20ClF3N4O3/c1-14-9-16(10-17(12-29)22(33)34-13-21(32)30(3)8-4-7-28)15(2)31(14)18-5-6-20(24)19(11-18)23(25,26)27/h5-6,9-11H,4,8,13H2,1-3H3/b17-10+. The number of halogens is 4. The van der Waals surface area contributed by atoms with E-state index in [1.165, 1.54) is 28.7 Å². The molecule has 2 aromatic rings. The molecule has 0 aliphatic heterocycles. The number of nitrogens with zero attached hydrogens (tertiary/aromatic N) is 4. The largest absolute Gasteiger partial charge is 0.451 e. The summed E-state index contributed by atoms with van der Waals surface area (Å²) in [5.74, 6) is -1.57. The Hall–Kier alpha value is -3.76. The van der Waals surface area contributed by atoms with Crippen LogP contribution in [0.25, 0.3) is 11.8 Å². The zero-order chi connectivity index (χ0) is 25.6. The number of aromatic nitrogens is 1. The van der Waals surface area contributed by atoms with Gasteiger partial charge in [0.2, 0.25) is 0 Å². The van der Waals surface area contributed by atoms with E-state index in [2.05, 4.69) is 0 Å². The number of esters is 1. The van der Waals surface area contributed by atoms with Crippen LogP contribution in [0, 0.1) is 36.5 Å². The van der Waals surface area contributed by atoms with Gasteiger partial charge in [0, 0.05) is 30.7 Å². The summed E-state index contributed by atoms with van der Waals surface area (Å²) in [6.45, 7) is 2.84. The fourth-order valence-corrected chi connectivity index (χ4v) is 3.38. The number of hydrogen-bond donors (Lipinski definition) is 0. The van der Waals surface area contributed by atoms with Crippen LogP contribution in [0.4, 0.5) is 13.2 Å². The number of ether oxygens (including phenoxy) is 1. The van der Waals surface area contributed by atoms with Crippen molar-refractivity contribution < 1.29 is 27.5 Å². The number of amides is 1. The first-order chi connectivity index (χ1) is 15.9. The zero-order valence-corrected chi connectivity index (χ0v) is 19.3. The number of carbonyl (C=O) groups is 2. The summed E-state index contributed by atoms with van der Waals surface area (Å²) in [7, 11) is 1.45. The van der Waals surface area contributed by atoms with Gasteiger partial charge in [0.05, 0.1) is 23.1 Å². The Morgan fingerprint density at radius 2 is 1.91 bits per heavy atom. The van der Waals surface area contributed by atoms with Gasteiger partial charge in [-0.1, -0.05) is 11.6 Å². The molecule has 0 N–H and O–H groups in total. The summed E-state index contributed by atoms with van der Waals surface area (Å²) in [6.07, 6.45) is -3.28. The van der Waals surface area contributed by atoms with Gasteiger partial charge in [-0.3, -0.25) is 4.79 Å². The second-order valence-electron chi connectivity index (χ2n) is 7.29. The Bertz CT molecular complexity index is 1220. The minimum absolute atomic E-state index is 0.118. The van der Waals surface area contributed by atoms with Crippen LogP contribution in [-0.4, -0.2) is 41.5 Å². The summed E-state index contributed by atoms with van der Waals surface area (Å²) in [6, 6.07) is 8.70. The number of aryl methyl sites for hydroxylation is 1. The lowest BCUT2D eigenvalue weighted by Crippen LogP contribution is -2.32. The Kier molecular flexibility index (Phi) is 8.50. The van der Waals surface area contributed by atoms with Crippen molar-refractivity contribution in [3.8, 4) is 17.8 Å². The van der Waals surface area contributed by atoms with Crippen molar-refractivity contribution in [2.45, 2.75) is 26.4 Å². The van der Waals surface area contributed by atoms with Gasteiger partial charge < -0.3 is 14.2 Å². The number of hydrogen-bond acceptors (Lipinski definition) is 5. The lowest BCUT2D eigenvalue weighted by molar-refractivity contribution is -0.147. The first kappa shape index (κ1) is 26.5. The number of nitriles is 2. The predicted octanol–water partition coefficient (Wildman–Crippen LogP) is 4.59. The molecule has 34 heavy (non-hydrogen) atoms. The first-order valence-corrected chi connectivity index (χ1v) is 10.2. The molecule has 1 heterocycles. The van der Waals surface area contributed by atoms with Crippen molar-refractivity contribution >= 4 is 29.6 Å². The maximum atomic E-state index is 13.3. The van der Waals surface area contributed by atoms with Gasteiger partial charge in [-0.25, -0.2) is 4.79 Å². The fourth-order valence-electron chi connectivity index (χ4n) is 3.15. The van der Waals surface area contributed by atoms with Crippen molar-refractivity contribution in [1.82, 2.24) is 9.47 Å². The van der Waals surface area contributed by atoms with Crippen molar-refractivity contribution in [2.24, 2.45) is 0 Å². The third-order valence-corrected chi connectivity index (χ3v) is 5.27. The predicted molar refractivity (Wildman–Crippen MR) is 118 cm³/mol. The Balaban J connectivity index is 2.30. The molecule has 2 rings (SSSR count). The minimum atomic E-state index is -4.64. The average Bonchev–Trinajstić information content (AvgIpc) is 3.06. The highest BCUT2D eigenvalue weighted by Gasteiger charge is 2.33. The maximum Gasteiger partial charge on any atom is 0.417 e. The monoisotopic (exact) mass is 492 g/mol. The van der Waals surface area contributed by atoms with Crippen LogP contribution in [0.15, 0.2) is 29.8 Å². The topological polar surface area (TPSA) is 99.1 Å². The summed E-state index contributed by atoms with van der Waals surface area (Å²) >= 11 is 5.70. The normalized spacial score (nSPS) is 11.5. The molecule has 0 bridgehead atoms. The van der Waals surface area contributed by atoms with Crippen LogP contribution in [0.1, 0.15) is 28.9 Å². The van der Waals surface area contributed by atoms with Gasteiger partial charge in [-0.2, -0.15) is 23.7 Å². The van der Waals surface area contributed by atoms with Crippen LogP contribution in [0.3, 0.4) is 0 Å². The van der Waals surface area contributed by atoms with Crippen LogP contribution in [0.5, 0.6) is 0 Å². The van der Waals surface area contributed by atoms with Crippen LogP contribution < -0.4 is 0 Å². The van der Waals surface area contributed by atoms with Gasteiger partial charge in [-0.05, 0) is 49.8 Å². The molecule has 7 nitrogen and oxygen atoms in total. The molecule has 0 saturated carbocycles. The van der Waals surface area contributed by atoms with E-state index in [4.69, 9.17) is 21.6 Å². The molecule has 0 atom stereocenters. The number of likely N-dealkylation sites (N-methyl/N-ethyl adjacent to an activating group) is 1. The van der Waals surface area contributed by atoms with Crippen molar-refractivity contribution in [3.05, 3.63) is 57.4 Å². The third kappa shape index (κ3) is 6.18. The van der Waals surface area contributed by atoms with E-state index in [9.17, 15) is 28.0 Å². The summed E-state index contributed by atoms with van der Waals surface area (Å²) in [5, 5.41) is 17.5. The average molecular weight is 493 g/mol. The van der Waals surface area contributed by atoms with E-state index >= 15 is 0 Å². The van der Waals surface area contributed by atoms with E-state index in [1.54, 1.807) is 26.0 Å². The number of rotatable bonds is 7. The molecule has 0 aliphatic carbocycles. The van der Waals surface area contributed by atoms with Gasteiger partial charge in [0.15, 0.2) is 6.61 Å². The number of alkyl halides is 3. The lowest BCUT2D eigenvalue weighted by atomic mass is 10.1. The van der Waals surface area contributed by atoms with Crippen LogP contribution >= 0.6 is 11.6 Å². The van der Waals surface area contributed by atoms with Crippen molar-refractivity contribution in [2.75, 3.05) is 20.2 Å². The fraction of sp³-hybridized carbons (Fsp3) is 0.304. The molecular formula is C23H20ClF3N4O3. The molecule has 0 saturated heterocycles. The number of carbonyl (C=O) groups excluding carboxylic acids is 2. The molecular weight excluding hydrogens is 473 g/mol. The highest BCUT2D eigenvalue weighted by Crippen LogP contribution is 2.36. The van der Waals surface area contributed by atoms with E-state index in [0.717, 1.165) is 12.1 Å². The lowest BCUT2D eigenvalue weighted by Gasteiger charge is -2.15. The van der Waals surface area contributed by atoms with Crippen molar-refractivity contribution in [1.29, 1.82) is 10.5 Å². The molecule has 0 aliphatic rings. The maximum absolute atomic E-state index is 13.3. The first-order valence-electron chi connectivity index (χ1n) is 9.86. The third-order valence-electron chi connectivity index (χ3n) is 4.94. The smallest absolute Gasteiger partial charge is 0.417 e. The minimum Gasteiger partial charge on any atom is -0.451 e. The molecule has 1 aromatic carbocycles. The highest BCUT2D eigenvalue weighted by molar-refractivity contribution is 6.31. The summed E-state index contributed by atoms with van der Waals surface area (Å²) < 4.78 is 46.2. The molecule has 0 spiro atoms. The Morgan fingerprint density at radius 1 is 1.24 bits per heavy atom. The van der Waals surface area contributed by atoms with Gasteiger partial charge >= 0.3 is 12.1 Å². The van der Waals surface area contributed by atoms with Gasteiger partial charge in [0.25, 0.3) is 5.91 Å². The molecule has 1 aromatic heterocycles. The molecule has 0 radical (unpaired) electrons. The number of benzene rings is 1. The Morgan fingerprint density at radius 3 is 2.50 bits per heavy atom. The summed E-state index contributed by atoms with van der Waals surface area (Å²) in [4.78, 5) is 25.5. The van der Waals surface area contributed by atoms with Crippen LogP contribution in [-0.2, 0) is 20.5 Å². The highest BCUT2D eigenvalue weighted by atomic mass is 35.5. The van der Waals surface area contributed by atoms with E-state index in [1.807, 2.05) is 6.07 Å². The SMILES string of the molecule is Cc1cc(/C=C(\C#N)C(=O)OCC(=O)N(C)CCC#N)c(C)n1-c1ccc(Cl)c(C(F)(F)F)c1. The second kappa shape index (κ2) is 10.9. The zero-order valence-electron chi connectivity index (χ0n) is 18.5. The molecule has 0 fully saturated rings. The van der Waals surface area contributed by atoms with E-state index < -0.39 is 35.2 Å². The Labute approximate surface area is 199 Å². The van der Waals surface area contributed by atoms with Crippen LogP contribution in [0.2, 0.25) is 5.02 Å². The van der Waals surface area contributed by atoms with Crippen molar-refractivity contribution in [3.63, 3.8) is 0 Å². The van der Waals surface area contributed by atoms with E-state index in [0.29, 0.717) is 17.0 Å². The molecule has 178 valence electrons. The summed E-state index contributed by atoms with van der Waals surface area (Å²) in [5.41, 5.74) is 0.271. The molecule has 11 heteroatoms. The molecule has 0 unspecified atom stereocenters.